The maximum atomic E-state index is 13.1. The lowest BCUT2D eigenvalue weighted by Crippen LogP contribution is -2.28. The number of para-hydroxylation sites is 1. The average Bonchev–Trinajstić information content (AvgIpc) is 2.77. The zero-order valence-corrected chi connectivity index (χ0v) is 19.0. The fourth-order valence-corrected chi connectivity index (χ4v) is 4.50. The van der Waals surface area contributed by atoms with E-state index in [0.717, 1.165) is 16.8 Å². The summed E-state index contributed by atoms with van der Waals surface area (Å²) in [6.07, 6.45) is 0. The molecule has 0 radical (unpaired) electrons. The first kappa shape index (κ1) is 22.4. The van der Waals surface area contributed by atoms with E-state index in [-0.39, 0.29) is 10.8 Å². The molecular formula is C24H27N3O3S. The Balaban J connectivity index is 1.76. The van der Waals surface area contributed by atoms with Crippen LogP contribution in [-0.2, 0) is 16.6 Å². The van der Waals surface area contributed by atoms with E-state index in [4.69, 9.17) is 0 Å². The van der Waals surface area contributed by atoms with Gasteiger partial charge in [0, 0.05) is 38.9 Å². The maximum Gasteiger partial charge on any atom is 0.264 e. The fraction of sp³-hybridized carbons (Fsp3) is 0.208. The number of nitrogens with zero attached hydrogens (tertiary/aromatic N) is 2. The summed E-state index contributed by atoms with van der Waals surface area (Å²) in [5, 5.41) is 2.85. The minimum atomic E-state index is -3.80. The van der Waals surface area contributed by atoms with E-state index in [1.54, 1.807) is 24.3 Å². The molecular weight excluding hydrogens is 410 g/mol. The Kier molecular flexibility index (Phi) is 6.65. The number of anilines is 2. The van der Waals surface area contributed by atoms with Crippen molar-refractivity contribution in [1.82, 2.24) is 5.32 Å². The van der Waals surface area contributed by atoms with Gasteiger partial charge in [0.15, 0.2) is 0 Å². The van der Waals surface area contributed by atoms with Gasteiger partial charge in [0.05, 0.1) is 10.6 Å². The number of aryl methyl sites for hydroxylation is 1. The predicted molar refractivity (Wildman–Crippen MR) is 125 cm³/mol. The molecule has 6 nitrogen and oxygen atoms in total. The number of amides is 1. The highest BCUT2D eigenvalue weighted by molar-refractivity contribution is 7.92. The molecule has 0 aliphatic carbocycles. The van der Waals surface area contributed by atoms with Gasteiger partial charge in [0.1, 0.15) is 0 Å². The number of benzene rings is 3. The topological polar surface area (TPSA) is 69.7 Å². The molecule has 3 aromatic rings. The molecule has 0 unspecified atom stereocenters. The van der Waals surface area contributed by atoms with Crippen LogP contribution in [-0.4, -0.2) is 35.5 Å². The van der Waals surface area contributed by atoms with E-state index < -0.39 is 10.0 Å². The summed E-state index contributed by atoms with van der Waals surface area (Å²) in [6, 6.07) is 21.2. The quantitative estimate of drug-likeness (QED) is 0.610. The Labute approximate surface area is 184 Å². The van der Waals surface area contributed by atoms with Gasteiger partial charge in [-0.1, -0.05) is 36.4 Å². The van der Waals surface area contributed by atoms with Gasteiger partial charge < -0.3 is 10.2 Å². The van der Waals surface area contributed by atoms with Crippen molar-refractivity contribution >= 4 is 27.3 Å². The number of carbonyl (C=O) groups is 1. The Morgan fingerprint density at radius 1 is 0.903 bits per heavy atom. The molecule has 0 atom stereocenters. The lowest BCUT2D eigenvalue weighted by molar-refractivity contribution is 0.0950. The summed E-state index contributed by atoms with van der Waals surface area (Å²) in [7, 11) is 1.65. The van der Waals surface area contributed by atoms with Crippen LogP contribution in [0, 0.1) is 6.92 Å². The number of sulfonamides is 1. The minimum Gasteiger partial charge on any atom is -0.378 e. The number of hydrogen-bond donors (Lipinski definition) is 1. The van der Waals surface area contributed by atoms with Crippen LogP contribution in [0.3, 0.4) is 0 Å². The maximum absolute atomic E-state index is 13.1. The Morgan fingerprint density at radius 3 is 2.23 bits per heavy atom. The first-order chi connectivity index (χ1) is 14.7. The number of rotatable bonds is 7. The van der Waals surface area contributed by atoms with E-state index in [1.165, 1.54) is 23.5 Å². The molecule has 0 fully saturated rings. The highest BCUT2D eigenvalue weighted by Gasteiger charge is 2.23. The molecule has 0 aliphatic heterocycles. The standard InChI is InChI=1S/C24H27N3O3S/c1-18-8-5-6-11-23(18)27(4)31(29,30)22-10-7-9-20(16-22)24(28)25-17-19-12-14-21(15-13-19)26(2)3/h5-16H,17H2,1-4H3,(H,25,28). The predicted octanol–water partition coefficient (Wildman–Crippen LogP) is 3.82. The summed E-state index contributed by atoms with van der Waals surface area (Å²) in [4.78, 5) is 14.7. The van der Waals surface area contributed by atoms with Crippen LogP contribution in [0.2, 0.25) is 0 Å². The van der Waals surface area contributed by atoms with E-state index in [1.807, 2.05) is 62.3 Å². The molecule has 0 aliphatic rings. The lowest BCUT2D eigenvalue weighted by Gasteiger charge is -2.21. The lowest BCUT2D eigenvalue weighted by atomic mass is 10.1. The first-order valence-electron chi connectivity index (χ1n) is 9.89. The van der Waals surface area contributed by atoms with E-state index in [0.29, 0.717) is 17.8 Å². The van der Waals surface area contributed by atoms with Crippen molar-refractivity contribution in [1.29, 1.82) is 0 Å². The van der Waals surface area contributed by atoms with Gasteiger partial charge in [-0.15, -0.1) is 0 Å². The smallest absolute Gasteiger partial charge is 0.264 e. The molecule has 3 aromatic carbocycles. The second-order valence-electron chi connectivity index (χ2n) is 7.53. The van der Waals surface area contributed by atoms with Crippen molar-refractivity contribution in [2.45, 2.75) is 18.4 Å². The van der Waals surface area contributed by atoms with Crippen molar-refractivity contribution in [3.8, 4) is 0 Å². The minimum absolute atomic E-state index is 0.0706. The van der Waals surface area contributed by atoms with Crippen molar-refractivity contribution in [2.24, 2.45) is 0 Å². The van der Waals surface area contributed by atoms with Crippen LogP contribution in [0.1, 0.15) is 21.5 Å². The first-order valence-corrected chi connectivity index (χ1v) is 11.3. The van der Waals surface area contributed by atoms with E-state index >= 15 is 0 Å². The van der Waals surface area contributed by atoms with Crippen molar-refractivity contribution in [3.63, 3.8) is 0 Å². The average molecular weight is 438 g/mol. The number of hydrogen-bond acceptors (Lipinski definition) is 4. The monoisotopic (exact) mass is 437 g/mol. The summed E-state index contributed by atoms with van der Waals surface area (Å²) in [5.74, 6) is -0.327. The fourth-order valence-electron chi connectivity index (χ4n) is 3.20. The van der Waals surface area contributed by atoms with Crippen LogP contribution < -0.4 is 14.5 Å². The van der Waals surface area contributed by atoms with Crippen LogP contribution in [0.25, 0.3) is 0 Å². The second-order valence-corrected chi connectivity index (χ2v) is 9.50. The third-order valence-electron chi connectivity index (χ3n) is 5.12. The SMILES string of the molecule is Cc1ccccc1N(C)S(=O)(=O)c1cccc(C(=O)NCc2ccc(N(C)C)cc2)c1. The third-order valence-corrected chi connectivity index (χ3v) is 6.88. The molecule has 0 spiro atoms. The van der Waals surface area contributed by atoms with Crippen molar-refractivity contribution in [3.05, 3.63) is 89.5 Å². The third kappa shape index (κ3) is 5.06. The van der Waals surface area contributed by atoms with Crippen LogP contribution in [0.15, 0.2) is 77.7 Å². The van der Waals surface area contributed by atoms with E-state index in [2.05, 4.69) is 5.32 Å². The summed E-state index contributed by atoms with van der Waals surface area (Å²) >= 11 is 0. The van der Waals surface area contributed by atoms with Crippen LogP contribution in [0.4, 0.5) is 11.4 Å². The molecule has 7 heteroatoms. The van der Waals surface area contributed by atoms with Gasteiger partial charge in [0.25, 0.3) is 15.9 Å². The van der Waals surface area contributed by atoms with Gasteiger partial charge in [-0.3, -0.25) is 9.10 Å². The van der Waals surface area contributed by atoms with Gasteiger partial charge in [-0.05, 0) is 54.4 Å². The number of nitrogens with one attached hydrogen (secondary N) is 1. The summed E-state index contributed by atoms with van der Waals surface area (Å²) in [6.45, 7) is 2.21. The van der Waals surface area contributed by atoms with Crippen molar-refractivity contribution < 1.29 is 13.2 Å². The zero-order valence-electron chi connectivity index (χ0n) is 18.2. The van der Waals surface area contributed by atoms with Crippen molar-refractivity contribution in [2.75, 3.05) is 30.3 Å². The summed E-state index contributed by atoms with van der Waals surface area (Å²) in [5.41, 5.74) is 3.78. The second kappa shape index (κ2) is 9.22. The molecule has 0 saturated heterocycles. The number of carbonyl (C=O) groups excluding carboxylic acids is 1. The normalized spacial score (nSPS) is 11.1. The molecule has 1 amide bonds. The van der Waals surface area contributed by atoms with Crippen LogP contribution >= 0.6 is 0 Å². The van der Waals surface area contributed by atoms with Gasteiger partial charge in [-0.2, -0.15) is 0 Å². The largest absolute Gasteiger partial charge is 0.378 e. The highest BCUT2D eigenvalue weighted by Crippen LogP contribution is 2.25. The Morgan fingerprint density at radius 2 is 1.58 bits per heavy atom. The molecule has 31 heavy (non-hydrogen) atoms. The Bertz CT molecular complexity index is 1170. The highest BCUT2D eigenvalue weighted by atomic mass is 32.2. The van der Waals surface area contributed by atoms with Crippen LogP contribution in [0.5, 0.6) is 0 Å². The molecule has 0 heterocycles. The molecule has 1 N–H and O–H groups in total. The molecule has 0 bridgehead atoms. The molecule has 3 rings (SSSR count). The van der Waals surface area contributed by atoms with Gasteiger partial charge >= 0.3 is 0 Å². The van der Waals surface area contributed by atoms with Gasteiger partial charge in [-0.25, -0.2) is 8.42 Å². The van der Waals surface area contributed by atoms with Gasteiger partial charge in [0.2, 0.25) is 0 Å². The molecule has 0 aromatic heterocycles. The molecule has 0 saturated carbocycles. The van der Waals surface area contributed by atoms with E-state index in [9.17, 15) is 13.2 Å². The Hall–Kier alpha value is -3.32. The molecule has 162 valence electrons. The summed E-state index contributed by atoms with van der Waals surface area (Å²) < 4.78 is 27.5. The zero-order chi connectivity index (χ0) is 22.6.